The lowest BCUT2D eigenvalue weighted by Gasteiger charge is -2.12. The van der Waals surface area contributed by atoms with Gasteiger partial charge in [0.1, 0.15) is 0 Å². The van der Waals surface area contributed by atoms with E-state index in [1.54, 1.807) is 0 Å². The molecule has 5 nitrogen and oxygen atoms in total. The van der Waals surface area contributed by atoms with Gasteiger partial charge >= 0.3 is 12.0 Å². The molecule has 1 aromatic carbocycles. The quantitative estimate of drug-likeness (QED) is 0.795. The van der Waals surface area contributed by atoms with Crippen molar-refractivity contribution in [2.45, 2.75) is 26.2 Å². The number of urea groups is 1. The van der Waals surface area contributed by atoms with Crippen molar-refractivity contribution < 1.29 is 14.7 Å². The van der Waals surface area contributed by atoms with Crippen molar-refractivity contribution >= 4 is 29.3 Å². The average molecular weight is 311 g/mol. The van der Waals surface area contributed by atoms with Crippen molar-refractivity contribution in [3.63, 3.8) is 0 Å². The monoisotopic (exact) mass is 310 g/mol. The molecule has 1 aliphatic carbocycles. The number of amides is 2. The van der Waals surface area contributed by atoms with Crippen molar-refractivity contribution in [3.8, 4) is 0 Å². The van der Waals surface area contributed by atoms with E-state index in [9.17, 15) is 9.59 Å². The van der Waals surface area contributed by atoms with Gasteiger partial charge in [-0.1, -0.05) is 24.9 Å². The highest BCUT2D eigenvalue weighted by atomic mass is 35.5. The van der Waals surface area contributed by atoms with E-state index in [1.807, 2.05) is 0 Å². The predicted octanol–water partition coefficient (Wildman–Crippen LogP) is 3.60. The molecule has 1 aliphatic rings. The van der Waals surface area contributed by atoms with Crippen LogP contribution >= 0.6 is 11.6 Å². The summed E-state index contributed by atoms with van der Waals surface area (Å²) < 4.78 is 0. The van der Waals surface area contributed by atoms with Gasteiger partial charge < -0.3 is 15.7 Å². The normalized spacial score (nSPS) is 21.0. The van der Waals surface area contributed by atoms with Gasteiger partial charge in [-0.3, -0.25) is 0 Å². The van der Waals surface area contributed by atoms with Crippen LogP contribution in [0.15, 0.2) is 18.2 Å². The van der Waals surface area contributed by atoms with Gasteiger partial charge in [0.2, 0.25) is 0 Å². The number of benzene rings is 1. The van der Waals surface area contributed by atoms with Crippen LogP contribution in [0.5, 0.6) is 0 Å². The number of hydrogen-bond acceptors (Lipinski definition) is 2. The first-order valence-electron chi connectivity index (χ1n) is 7.03. The topological polar surface area (TPSA) is 78.4 Å². The molecular formula is C15H19ClN2O3. The number of carbonyl (C=O) groups excluding carboxylic acids is 1. The SMILES string of the molecule is CC1CCC(CNC(=O)Nc2ccc(C(=O)O)c(Cl)c2)C1. The molecule has 0 bridgehead atoms. The molecule has 0 heterocycles. The number of carboxylic acid groups (broad SMARTS) is 1. The Balaban J connectivity index is 1.85. The van der Waals surface area contributed by atoms with Crippen LogP contribution in [0.3, 0.4) is 0 Å². The number of halogens is 1. The first-order valence-corrected chi connectivity index (χ1v) is 7.41. The molecule has 2 atom stereocenters. The Morgan fingerprint density at radius 3 is 2.71 bits per heavy atom. The van der Waals surface area contributed by atoms with Crippen molar-refractivity contribution in [1.82, 2.24) is 5.32 Å². The van der Waals surface area contributed by atoms with Gasteiger partial charge in [-0.15, -0.1) is 0 Å². The lowest BCUT2D eigenvalue weighted by Crippen LogP contribution is -2.32. The van der Waals surface area contributed by atoms with E-state index in [4.69, 9.17) is 16.7 Å². The molecule has 1 aromatic rings. The highest BCUT2D eigenvalue weighted by Gasteiger charge is 2.21. The Kier molecular flexibility index (Phi) is 5.07. The third-order valence-corrected chi connectivity index (χ3v) is 4.12. The number of hydrogen-bond donors (Lipinski definition) is 3. The third-order valence-electron chi connectivity index (χ3n) is 3.81. The predicted molar refractivity (Wildman–Crippen MR) is 81.9 cm³/mol. The molecule has 2 unspecified atom stereocenters. The second-order valence-corrected chi connectivity index (χ2v) is 6.03. The molecule has 6 heteroatoms. The summed E-state index contributed by atoms with van der Waals surface area (Å²) in [7, 11) is 0. The van der Waals surface area contributed by atoms with Gasteiger partial charge in [0.25, 0.3) is 0 Å². The van der Waals surface area contributed by atoms with Crippen LogP contribution in [0.25, 0.3) is 0 Å². The third kappa shape index (κ3) is 4.36. The molecule has 0 radical (unpaired) electrons. The molecule has 21 heavy (non-hydrogen) atoms. The molecule has 114 valence electrons. The molecule has 0 saturated heterocycles. The summed E-state index contributed by atoms with van der Waals surface area (Å²) in [5, 5.41) is 14.5. The molecule has 0 spiro atoms. The lowest BCUT2D eigenvalue weighted by atomic mass is 10.1. The number of nitrogens with one attached hydrogen (secondary N) is 2. The minimum absolute atomic E-state index is 0.0163. The van der Waals surface area contributed by atoms with Gasteiger partial charge in [-0.25, -0.2) is 9.59 Å². The molecule has 0 aromatic heterocycles. The molecule has 1 fully saturated rings. The van der Waals surface area contributed by atoms with E-state index in [-0.39, 0.29) is 16.6 Å². The first kappa shape index (κ1) is 15.6. The second kappa shape index (κ2) is 6.80. The Morgan fingerprint density at radius 1 is 1.38 bits per heavy atom. The van der Waals surface area contributed by atoms with Crippen LogP contribution in [0.2, 0.25) is 5.02 Å². The van der Waals surface area contributed by atoms with E-state index >= 15 is 0 Å². The number of carboxylic acids is 1. The fourth-order valence-electron chi connectivity index (χ4n) is 2.69. The number of carbonyl (C=O) groups is 2. The Labute approximate surface area is 128 Å². The molecular weight excluding hydrogens is 292 g/mol. The summed E-state index contributed by atoms with van der Waals surface area (Å²) in [6.45, 7) is 2.89. The largest absolute Gasteiger partial charge is 0.478 e. The Morgan fingerprint density at radius 2 is 2.14 bits per heavy atom. The van der Waals surface area contributed by atoms with Gasteiger partial charge in [-0.05, 0) is 42.9 Å². The van der Waals surface area contributed by atoms with Crippen molar-refractivity contribution in [1.29, 1.82) is 0 Å². The summed E-state index contributed by atoms with van der Waals surface area (Å²) in [5.74, 6) is 0.192. The summed E-state index contributed by atoms with van der Waals surface area (Å²) in [4.78, 5) is 22.6. The number of aromatic carboxylic acids is 1. The van der Waals surface area contributed by atoms with E-state index < -0.39 is 5.97 Å². The number of rotatable bonds is 4. The van der Waals surface area contributed by atoms with Crippen LogP contribution in [-0.2, 0) is 0 Å². The fourth-order valence-corrected chi connectivity index (χ4v) is 2.95. The Bertz CT molecular complexity index is 548. The van der Waals surface area contributed by atoms with Crippen LogP contribution in [-0.4, -0.2) is 23.7 Å². The number of anilines is 1. The maximum Gasteiger partial charge on any atom is 0.337 e. The van der Waals surface area contributed by atoms with Crippen molar-refractivity contribution in [2.75, 3.05) is 11.9 Å². The minimum atomic E-state index is -1.09. The zero-order valence-corrected chi connectivity index (χ0v) is 12.6. The average Bonchev–Trinajstić information content (AvgIpc) is 2.82. The summed E-state index contributed by atoms with van der Waals surface area (Å²) >= 11 is 5.85. The maximum absolute atomic E-state index is 11.8. The highest BCUT2D eigenvalue weighted by molar-refractivity contribution is 6.33. The zero-order chi connectivity index (χ0) is 15.4. The van der Waals surface area contributed by atoms with E-state index in [0.29, 0.717) is 18.2 Å². The maximum atomic E-state index is 11.8. The molecule has 1 saturated carbocycles. The van der Waals surface area contributed by atoms with E-state index in [0.717, 1.165) is 18.8 Å². The standard InChI is InChI=1S/C15H19ClN2O3/c1-9-2-3-10(6-9)8-17-15(21)18-11-4-5-12(14(19)20)13(16)7-11/h4-5,7,9-10H,2-3,6,8H2,1H3,(H,19,20)(H2,17,18,21). The van der Waals surface area contributed by atoms with Crippen LogP contribution in [0.4, 0.5) is 10.5 Å². The first-order chi connectivity index (χ1) is 9.95. The molecule has 2 amide bonds. The molecule has 2 rings (SSSR count). The fraction of sp³-hybridized carbons (Fsp3) is 0.467. The minimum Gasteiger partial charge on any atom is -0.478 e. The summed E-state index contributed by atoms with van der Waals surface area (Å²) in [6.07, 6.45) is 3.53. The van der Waals surface area contributed by atoms with Crippen LogP contribution < -0.4 is 10.6 Å². The molecule has 3 N–H and O–H groups in total. The van der Waals surface area contributed by atoms with Crippen LogP contribution in [0, 0.1) is 11.8 Å². The van der Waals surface area contributed by atoms with Crippen molar-refractivity contribution in [2.24, 2.45) is 11.8 Å². The highest BCUT2D eigenvalue weighted by Crippen LogP contribution is 2.29. The lowest BCUT2D eigenvalue weighted by molar-refractivity contribution is 0.0697. The van der Waals surface area contributed by atoms with E-state index in [1.165, 1.54) is 24.6 Å². The van der Waals surface area contributed by atoms with Gasteiger partial charge in [0.05, 0.1) is 10.6 Å². The zero-order valence-electron chi connectivity index (χ0n) is 11.9. The van der Waals surface area contributed by atoms with Gasteiger partial charge in [-0.2, -0.15) is 0 Å². The second-order valence-electron chi connectivity index (χ2n) is 5.62. The van der Waals surface area contributed by atoms with E-state index in [2.05, 4.69) is 17.6 Å². The van der Waals surface area contributed by atoms with Crippen LogP contribution in [0.1, 0.15) is 36.5 Å². The van der Waals surface area contributed by atoms with Crippen molar-refractivity contribution in [3.05, 3.63) is 28.8 Å². The summed E-state index contributed by atoms with van der Waals surface area (Å²) in [6, 6.07) is 4.03. The Hall–Kier alpha value is -1.75. The smallest absolute Gasteiger partial charge is 0.337 e. The molecule has 0 aliphatic heterocycles. The van der Waals surface area contributed by atoms with Gasteiger partial charge in [0, 0.05) is 12.2 Å². The van der Waals surface area contributed by atoms with Gasteiger partial charge in [0.15, 0.2) is 0 Å². The summed E-state index contributed by atoms with van der Waals surface area (Å²) in [5.41, 5.74) is 0.491.